The Morgan fingerprint density at radius 1 is 1.40 bits per heavy atom. The van der Waals surface area contributed by atoms with E-state index in [4.69, 9.17) is 10.3 Å². The van der Waals surface area contributed by atoms with Gasteiger partial charge in [-0.15, -0.1) is 11.8 Å². The van der Waals surface area contributed by atoms with Crippen molar-refractivity contribution < 1.29 is 4.74 Å². The molecule has 0 heterocycles. The van der Waals surface area contributed by atoms with Crippen LogP contribution in [0.15, 0.2) is 28.4 Å². The second-order valence-corrected chi connectivity index (χ2v) is 5.98. The maximum Gasteiger partial charge on any atom is 0.0922 e. The van der Waals surface area contributed by atoms with Crippen molar-refractivity contribution >= 4 is 11.8 Å². The van der Waals surface area contributed by atoms with Gasteiger partial charge in [0.2, 0.25) is 0 Å². The Morgan fingerprint density at radius 3 is 2.50 bits per heavy atom. The topological polar surface area (TPSA) is 58.0 Å². The molecule has 20 heavy (non-hydrogen) atoms. The summed E-state index contributed by atoms with van der Waals surface area (Å²) < 4.78 is 5.93. The largest absolute Gasteiger partial charge is 0.367 e. The van der Waals surface area contributed by atoms with Crippen molar-refractivity contribution in [2.75, 3.05) is 12.2 Å². The van der Waals surface area contributed by atoms with E-state index in [9.17, 15) is 0 Å². The van der Waals surface area contributed by atoms with Gasteiger partial charge in [0.25, 0.3) is 0 Å². The molecule has 0 aliphatic heterocycles. The maximum atomic E-state index is 8.78. The molecule has 0 saturated heterocycles. The third-order valence-electron chi connectivity index (χ3n) is 3.34. The molecule has 3 atom stereocenters. The van der Waals surface area contributed by atoms with Crippen molar-refractivity contribution in [2.45, 2.75) is 53.2 Å². The number of nitrogens with zero attached hydrogens (tertiary/aromatic N) is 3. The predicted octanol–water partition coefficient (Wildman–Crippen LogP) is 5.33. The van der Waals surface area contributed by atoms with Gasteiger partial charge < -0.3 is 4.74 Å². The minimum absolute atomic E-state index is 0.0581. The van der Waals surface area contributed by atoms with Gasteiger partial charge >= 0.3 is 0 Å². The van der Waals surface area contributed by atoms with Crippen molar-refractivity contribution in [1.29, 1.82) is 0 Å². The molecule has 0 aromatic heterocycles. The molecule has 4 nitrogen and oxygen atoms in total. The highest BCUT2D eigenvalue weighted by Crippen LogP contribution is 2.25. The Balaban J connectivity index is 5.08. The van der Waals surface area contributed by atoms with Gasteiger partial charge in [0.1, 0.15) is 0 Å². The lowest BCUT2D eigenvalue weighted by Crippen LogP contribution is -2.31. The lowest BCUT2D eigenvalue weighted by Gasteiger charge is -2.28. The van der Waals surface area contributed by atoms with Crippen LogP contribution in [0.3, 0.4) is 0 Å². The van der Waals surface area contributed by atoms with Crippen LogP contribution in [-0.4, -0.2) is 24.3 Å². The van der Waals surface area contributed by atoms with Crippen LogP contribution in [-0.2, 0) is 4.74 Å². The summed E-state index contributed by atoms with van der Waals surface area (Å²) in [5.41, 5.74) is 11.1. The molecule has 0 aromatic carbocycles. The molecular weight excluding hydrogens is 270 g/mol. The fourth-order valence-corrected chi connectivity index (χ4v) is 2.29. The van der Waals surface area contributed by atoms with Crippen LogP contribution in [0, 0.1) is 5.92 Å². The normalized spacial score (nSPS) is 16.0. The fourth-order valence-electron chi connectivity index (χ4n) is 1.98. The second-order valence-electron chi connectivity index (χ2n) is 5.17. The van der Waals surface area contributed by atoms with Crippen molar-refractivity contribution in [2.24, 2.45) is 11.0 Å². The van der Waals surface area contributed by atoms with E-state index in [1.54, 1.807) is 11.8 Å². The van der Waals surface area contributed by atoms with E-state index < -0.39 is 0 Å². The Kier molecular flexibility index (Phi) is 10.3. The van der Waals surface area contributed by atoms with Crippen LogP contribution in [0.4, 0.5) is 0 Å². The molecule has 0 rings (SSSR count). The molecule has 0 N–H and O–H groups in total. The van der Waals surface area contributed by atoms with Crippen molar-refractivity contribution in [1.82, 2.24) is 0 Å². The summed E-state index contributed by atoms with van der Waals surface area (Å²) in [6.07, 6.45) is 7.10. The van der Waals surface area contributed by atoms with Gasteiger partial charge in [-0.1, -0.05) is 35.3 Å². The Labute approximate surface area is 127 Å². The van der Waals surface area contributed by atoms with Crippen LogP contribution in [0.25, 0.3) is 10.4 Å². The predicted molar refractivity (Wildman–Crippen MR) is 88.8 cm³/mol. The van der Waals surface area contributed by atoms with Crippen LogP contribution < -0.4 is 0 Å². The third-order valence-corrected chi connectivity index (χ3v) is 3.71. The number of thioether (sulfide) groups is 1. The van der Waals surface area contributed by atoms with Crippen LogP contribution in [0.5, 0.6) is 0 Å². The number of ether oxygens (including phenoxy) is 1. The Hall–Kier alpha value is -0.900. The smallest absolute Gasteiger partial charge is 0.0922 e. The minimum atomic E-state index is -0.151. The van der Waals surface area contributed by atoms with Crippen molar-refractivity contribution in [3.8, 4) is 0 Å². The number of hydrogen-bond donors (Lipinski definition) is 0. The number of allylic oxidation sites excluding steroid dienone is 2. The first-order valence-electron chi connectivity index (χ1n) is 6.88. The summed E-state index contributed by atoms with van der Waals surface area (Å²) in [6.45, 7) is 10.2. The highest BCUT2D eigenvalue weighted by atomic mass is 32.2. The summed E-state index contributed by atoms with van der Waals surface area (Å²) in [6, 6.07) is -0.151. The summed E-state index contributed by atoms with van der Waals surface area (Å²) in [4.78, 5) is 2.99. The van der Waals surface area contributed by atoms with E-state index in [1.807, 2.05) is 26.2 Å². The molecule has 0 bridgehead atoms. The zero-order valence-corrected chi connectivity index (χ0v) is 14.3. The lowest BCUT2D eigenvalue weighted by atomic mass is 9.89. The van der Waals surface area contributed by atoms with Gasteiger partial charge in [0.15, 0.2) is 0 Å². The highest BCUT2D eigenvalue weighted by Gasteiger charge is 2.26. The first-order chi connectivity index (χ1) is 9.47. The quantitative estimate of drug-likeness (QED) is 0.190. The minimum Gasteiger partial charge on any atom is -0.367 e. The van der Waals surface area contributed by atoms with E-state index in [-0.39, 0.29) is 18.1 Å². The van der Waals surface area contributed by atoms with Crippen LogP contribution >= 0.6 is 11.8 Å². The number of hydrogen-bond acceptors (Lipinski definition) is 3. The SMILES string of the molecule is C/C=C(\C)[C@@H](N=[N+]=[N-])[C@@H](C)[C@@H](CC=C(C)C)OCSC. The fraction of sp³-hybridized carbons (Fsp3) is 0.733. The molecule has 114 valence electrons. The maximum absolute atomic E-state index is 8.78. The van der Waals surface area contributed by atoms with Gasteiger partial charge in [0.05, 0.1) is 18.1 Å². The van der Waals surface area contributed by atoms with E-state index in [0.29, 0.717) is 5.94 Å². The van der Waals surface area contributed by atoms with Gasteiger partial charge in [-0.25, -0.2) is 0 Å². The molecule has 0 fully saturated rings. The van der Waals surface area contributed by atoms with Gasteiger partial charge in [-0.05, 0) is 51.8 Å². The highest BCUT2D eigenvalue weighted by molar-refractivity contribution is 7.98. The third kappa shape index (κ3) is 7.04. The van der Waals surface area contributed by atoms with Gasteiger partial charge in [-0.3, -0.25) is 0 Å². The molecule has 0 spiro atoms. The Bertz CT molecular complexity index is 383. The molecule has 0 amide bonds. The van der Waals surface area contributed by atoms with Crippen LogP contribution in [0.1, 0.15) is 41.0 Å². The molecule has 0 saturated carbocycles. The standard InChI is InChI=1S/C15H27N3OS/c1-7-12(4)15(17-18-16)13(5)14(19-10-20-6)9-8-11(2)3/h7-8,13-15H,9-10H2,1-6H3/b12-7+/t13-,14+,15+/m0/s1. The van der Waals surface area contributed by atoms with Gasteiger partial charge in [0, 0.05) is 4.91 Å². The van der Waals surface area contributed by atoms with E-state index >= 15 is 0 Å². The zero-order chi connectivity index (χ0) is 15.5. The molecule has 0 aliphatic rings. The number of azide groups is 1. The van der Waals surface area contributed by atoms with E-state index in [2.05, 4.69) is 36.9 Å². The average molecular weight is 297 g/mol. The molecule has 0 unspecified atom stereocenters. The number of rotatable bonds is 9. The second kappa shape index (κ2) is 10.8. The van der Waals surface area contributed by atoms with E-state index in [0.717, 1.165) is 12.0 Å². The van der Waals surface area contributed by atoms with Crippen LogP contribution in [0.2, 0.25) is 0 Å². The summed E-state index contributed by atoms with van der Waals surface area (Å²) in [7, 11) is 0. The first kappa shape index (κ1) is 19.1. The average Bonchev–Trinajstić information content (AvgIpc) is 2.43. The summed E-state index contributed by atoms with van der Waals surface area (Å²) >= 11 is 1.66. The van der Waals surface area contributed by atoms with Crippen molar-refractivity contribution in [3.63, 3.8) is 0 Å². The molecule has 5 heteroatoms. The molecule has 0 radical (unpaired) electrons. The Morgan fingerprint density at radius 2 is 2.05 bits per heavy atom. The molecule has 0 aliphatic carbocycles. The zero-order valence-electron chi connectivity index (χ0n) is 13.5. The molecule has 0 aromatic rings. The summed E-state index contributed by atoms with van der Waals surface area (Å²) in [5, 5.41) is 3.96. The van der Waals surface area contributed by atoms with E-state index in [1.165, 1.54) is 5.57 Å². The van der Waals surface area contributed by atoms with Gasteiger partial charge in [-0.2, -0.15) is 0 Å². The lowest BCUT2D eigenvalue weighted by molar-refractivity contribution is 0.0451. The molecular formula is C15H27N3OS. The first-order valence-corrected chi connectivity index (χ1v) is 8.28. The van der Waals surface area contributed by atoms with Crippen molar-refractivity contribution in [3.05, 3.63) is 33.7 Å². The summed E-state index contributed by atoms with van der Waals surface area (Å²) in [5.74, 6) is 0.800. The monoisotopic (exact) mass is 297 g/mol.